The molecule has 0 saturated carbocycles. The van der Waals surface area contributed by atoms with Crippen molar-refractivity contribution in [2.75, 3.05) is 26.7 Å². The lowest BCUT2D eigenvalue weighted by molar-refractivity contribution is -0.136. The molecule has 6 nitrogen and oxygen atoms in total. The number of benzene rings is 1. The molecule has 0 aliphatic carbocycles. The van der Waals surface area contributed by atoms with Crippen LogP contribution in [0.4, 0.5) is 8.78 Å². The van der Waals surface area contributed by atoms with Gasteiger partial charge in [0, 0.05) is 61.7 Å². The second-order valence-corrected chi connectivity index (χ2v) is 8.98. The van der Waals surface area contributed by atoms with Gasteiger partial charge in [-0.15, -0.1) is 0 Å². The van der Waals surface area contributed by atoms with Gasteiger partial charge >= 0.3 is 0 Å². The Bertz CT molecular complexity index is 1080. The molecular weight excluding hydrogens is 512 g/mol. The maximum Gasteiger partial charge on any atom is 0.251 e. The standard InChI is InChI=1S/C24H26ClF2N3O3.C3H8.C2H6/c1-14-9-18(25)5-6-30(14)22(12-19-13-29(16(3)31)7-8-33-19)15(2)23-20(26)10-17(11-21(23)27)24(32)28-4;1-3-2;1-2/h5-6,9-11,19H,1,7-8,12-13H2,2-4H3,(H,28,32);3H2,1-2H3;1-2H3/b22-15+;;. The molecule has 9 heteroatoms. The van der Waals surface area contributed by atoms with E-state index in [4.69, 9.17) is 16.3 Å². The maximum atomic E-state index is 15.1. The third-order valence-electron chi connectivity index (χ3n) is 5.63. The molecule has 0 aromatic heterocycles. The number of hydrogen-bond donors (Lipinski definition) is 1. The Morgan fingerprint density at radius 3 is 2.26 bits per heavy atom. The van der Waals surface area contributed by atoms with Crippen molar-refractivity contribution in [1.29, 1.82) is 0 Å². The summed E-state index contributed by atoms with van der Waals surface area (Å²) < 4.78 is 36.0. The predicted molar refractivity (Wildman–Crippen MR) is 150 cm³/mol. The molecule has 0 spiro atoms. The molecule has 1 saturated heterocycles. The molecule has 210 valence electrons. The number of hydrogen-bond acceptors (Lipinski definition) is 4. The Morgan fingerprint density at radius 1 is 1.18 bits per heavy atom. The second-order valence-electron chi connectivity index (χ2n) is 8.54. The maximum absolute atomic E-state index is 15.1. The van der Waals surface area contributed by atoms with Gasteiger partial charge in [0.1, 0.15) is 11.6 Å². The number of morpholine rings is 1. The lowest BCUT2D eigenvalue weighted by Crippen LogP contribution is -2.45. The molecule has 1 unspecified atom stereocenters. The first-order valence-corrected chi connectivity index (χ1v) is 13.2. The Morgan fingerprint density at radius 2 is 1.76 bits per heavy atom. The molecule has 1 fully saturated rings. The van der Waals surface area contributed by atoms with Gasteiger partial charge in [0.2, 0.25) is 5.91 Å². The summed E-state index contributed by atoms with van der Waals surface area (Å²) in [5.41, 5.74) is 1.000. The Labute approximate surface area is 230 Å². The van der Waals surface area contributed by atoms with Gasteiger partial charge in [0.15, 0.2) is 0 Å². The van der Waals surface area contributed by atoms with Crippen molar-refractivity contribution in [2.24, 2.45) is 0 Å². The van der Waals surface area contributed by atoms with Gasteiger partial charge < -0.3 is 19.9 Å². The fourth-order valence-corrected chi connectivity index (χ4v) is 4.09. The first kappa shape index (κ1) is 33.1. The van der Waals surface area contributed by atoms with Crippen molar-refractivity contribution in [2.45, 2.75) is 60.5 Å². The largest absolute Gasteiger partial charge is 0.374 e. The van der Waals surface area contributed by atoms with Gasteiger partial charge in [-0.2, -0.15) is 0 Å². The van der Waals surface area contributed by atoms with E-state index in [1.165, 1.54) is 20.4 Å². The van der Waals surface area contributed by atoms with Crippen LogP contribution in [0.3, 0.4) is 0 Å². The molecule has 1 N–H and O–H groups in total. The minimum Gasteiger partial charge on any atom is -0.374 e. The van der Waals surface area contributed by atoms with Crippen LogP contribution in [-0.4, -0.2) is 54.5 Å². The number of nitrogens with zero attached hydrogens (tertiary/aromatic N) is 2. The van der Waals surface area contributed by atoms with Crippen LogP contribution in [0, 0.1) is 11.6 Å². The number of ether oxygens (including phenoxy) is 1. The van der Waals surface area contributed by atoms with Crippen LogP contribution >= 0.6 is 11.6 Å². The number of halogens is 3. The molecule has 2 aliphatic rings. The molecule has 0 bridgehead atoms. The van der Waals surface area contributed by atoms with E-state index in [2.05, 4.69) is 25.7 Å². The van der Waals surface area contributed by atoms with E-state index in [0.29, 0.717) is 41.7 Å². The third-order valence-corrected chi connectivity index (χ3v) is 5.87. The lowest BCUT2D eigenvalue weighted by atomic mass is 9.97. The normalized spacial score (nSPS) is 17.4. The highest BCUT2D eigenvalue weighted by molar-refractivity contribution is 6.31. The van der Waals surface area contributed by atoms with Crippen LogP contribution in [0.2, 0.25) is 0 Å². The zero-order chi connectivity index (χ0) is 29.0. The molecule has 0 radical (unpaired) electrons. The number of nitrogens with one attached hydrogen (secondary N) is 1. The molecule has 3 rings (SSSR count). The fourth-order valence-electron chi connectivity index (χ4n) is 3.91. The van der Waals surface area contributed by atoms with Gasteiger partial charge in [0.25, 0.3) is 5.91 Å². The predicted octanol–water partition coefficient (Wildman–Crippen LogP) is 6.60. The van der Waals surface area contributed by atoms with Crippen LogP contribution in [0.25, 0.3) is 5.57 Å². The highest BCUT2D eigenvalue weighted by Crippen LogP contribution is 2.34. The summed E-state index contributed by atoms with van der Waals surface area (Å²) in [6.07, 6.45) is 6.09. The van der Waals surface area contributed by atoms with Crippen molar-refractivity contribution < 1.29 is 23.1 Å². The van der Waals surface area contributed by atoms with Gasteiger partial charge in [0.05, 0.1) is 18.3 Å². The molecule has 2 amide bonds. The molecule has 2 heterocycles. The Balaban J connectivity index is 0.00000135. The van der Waals surface area contributed by atoms with Crippen LogP contribution < -0.4 is 5.32 Å². The summed E-state index contributed by atoms with van der Waals surface area (Å²) in [5.74, 6) is -2.38. The number of allylic oxidation sites excluding steroid dienone is 4. The minimum absolute atomic E-state index is 0.0653. The first-order valence-electron chi connectivity index (χ1n) is 12.9. The average Bonchev–Trinajstić information content (AvgIpc) is 2.88. The van der Waals surface area contributed by atoms with E-state index in [9.17, 15) is 9.59 Å². The smallest absolute Gasteiger partial charge is 0.251 e. The van der Waals surface area contributed by atoms with Gasteiger partial charge in [-0.05, 0) is 36.8 Å². The third kappa shape index (κ3) is 8.81. The minimum atomic E-state index is -0.862. The summed E-state index contributed by atoms with van der Waals surface area (Å²) in [7, 11) is 1.39. The number of rotatable bonds is 5. The molecule has 1 aromatic carbocycles. The van der Waals surface area contributed by atoms with E-state index in [-0.39, 0.29) is 29.6 Å². The molecular formula is C29H40ClF2N3O3. The van der Waals surface area contributed by atoms with Gasteiger partial charge in [-0.3, -0.25) is 9.59 Å². The first-order chi connectivity index (χ1) is 18.0. The Hall–Kier alpha value is -2.97. The molecule has 1 atom stereocenters. The van der Waals surface area contributed by atoms with Crippen LogP contribution in [0.1, 0.15) is 70.3 Å². The van der Waals surface area contributed by atoms with E-state index in [0.717, 1.165) is 12.1 Å². The molecule has 2 aliphatic heterocycles. The lowest BCUT2D eigenvalue weighted by Gasteiger charge is -2.36. The van der Waals surface area contributed by atoms with Crippen molar-refractivity contribution in [3.63, 3.8) is 0 Å². The van der Waals surface area contributed by atoms with E-state index in [1.54, 1.807) is 35.1 Å². The van der Waals surface area contributed by atoms with Crippen molar-refractivity contribution in [3.8, 4) is 0 Å². The molecule has 1 aromatic rings. The van der Waals surface area contributed by atoms with Crippen LogP contribution in [-0.2, 0) is 9.53 Å². The number of carbonyl (C=O) groups is 2. The number of amides is 2. The molecule has 38 heavy (non-hydrogen) atoms. The fraction of sp³-hybridized carbons (Fsp3) is 0.448. The SMILES string of the molecule is C=C1C=C(Cl)C=CN1/C(CC1CN(C(C)=O)CCO1)=C(\C)c1c(F)cc(C(=O)NC)cc1F.CC.CCC. The summed E-state index contributed by atoms with van der Waals surface area (Å²) in [6, 6.07) is 2.01. The van der Waals surface area contributed by atoms with E-state index < -0.39 is 17.5 Å². The van der Waals surface area contributed by atoms with E-state index in [1.807, 2.05) is 13.8 Å². The van der Waals surface area contributed by atoms with Crippen LogP contribution in [0.15, 0.2) is 53.5 Å². The van der Waals surface area contributed by atoms with Crippen LogP contribution in [0.5, 0.6) is 0 Å². The van der Waals surface area contributed by atoms with Crippen molar-refractivity contribution >= 4 is 29.0 Å². The topological polar surface area (TPSA) is 61.9 Å². The quantitative estimate of drug-likeness (QED) is 0.448. The van der Waals surface area contributed by atoms with Gasteiger partial charge in [-0.1, -0.05) is 52.3 Å². The summed E-state index contributed by atoms with van der Waals surface area (Å²) >= 11 is 6.08. The highest BCUT2D eigenvalue weighted by atomic mass is 35.5. The van der Waals surface area contributed by atoms with Gasteiger partial charge in [-0.25, -0.2) is 8.78 Å². The summed E-state index contributed by atoms with van der Waals surface area (Å²) in [5, 5.41) is 2.82. The Kier molecular flexibility index (Phi) is 14.0. The second kappa shape index (κ2) is 16.1. The number of carbonyl (C=O) groups excluding carboxylic acids is 2. The summed E-state index contributed by atoms with van der Waals surface area (Å²) in [6.45, 7) is 16.6. The summed E-state index contributed by atoms with van der Waals surface area (Å²) in [4.78, 5) is 27.1. The zero-order valence-electron chi connectivity index (χ0n) is 23.5. The van der Waals surface area contributed by atoms with Crippen molar-refractivity contribution in [1.82, 2.24) is 15.1 Å². The van der Waals surface area contributed by atoms with Crippen molar-refractivity contribution in [3.05, 3.63) is 76.3 Å². The average molecular weight is 552 g/mol. The monoisotopic (exact) mass is 551 g/mol. The highest BCUT2D eigenvalue weighted by Gasteiger charge is 2.28. The zero-order valence-corrected chi connectivity index (χ0v) is 24.2. The van der Waals surface area contributed by atoms with E-state index >= 15 is 8.78 Å².